The zero-order valence-corrected chi connectivity index (χ0v) is 9.73. The molecule has 0 spiro atoms. The van der Waals surface area contributed by atoms with Crippen LogP contribution in [0.4, 0.5) is 5.82 Å². The second kappa shape index (κ2) is 3.35. The van der Waals surface area contributed by atoms with Crippen molar-refractivity contribution in [3.8, 4) is 5.69 Å². The Kier molecular flexibility index (Phi) is 1.95. The predicted molar refractivity (Wildman–Crippen MR) is 67.1 cm³/mol. The van der Waals surface area contributed by atoms with Crippen molar-refractivity contribution in [1.29, 1.82) is 0 Å². The number of benzene rings is 1. The van der Waals surface area contributed by atoms with Gasteiger partial charge in [0.1, 0.15) is 11.6 Å². The molecule has 0 atom stereocenters. The molecule has 0 radical (unpaired) electrons. The molecule has 86 valence electrons. The molecule has 0 bridgehead atoms. The second-order valence-corrected chi connectivity index (χ2v) is 4.15. The molecule has 2 aromatic heterocycles. The average molecular weight is 227 g/mol. The lowest BCUT2D eigenvalue weighted by Crippen LogP contribution is -2.02. The van der Waals surface area contributed by atoms with Gasteiger partial charge in [0.05, 0.1) is 22.9 Å². The molecular weight excluding hydrogens is 214 g/mol. The fourth-order valence-corrected chi connectivity index (χ4v) is 1.90. The van der Waals surface area contributed by atoms with Crippen molar-refractivity contribution in [2.45, 2.75) is 13.8 Å². The molecule has 0 aliphatic carbocycles. The summed E-state index contributed by atoms with van der Waals surface area (Å²) >= 11 is 0. The highest BCUT2D eigenvalue weighted by Gasteiger charge is 2.07. The van der Waals surface area contributed by atoms with Crippen LogP contribution < -0.4 is 5.73 Å². The fourth-order valence-electron chi connectivity index (χ4n) is 1.90. The molecule has 0 amide bonds. The van der Waals surface area contributed by atoms with E-state index in [0.717, 1.165) is 28.1 Å². The molecule has 0 saturated carbocycles. The van der Waals surface area contributed by atoms with Crippen LogP contribution >= 0.6 is 0 Å². The Hall–Kier alpha value is -2.30. The van der Waals surface area contributed by atoms with Crippen LogP contribution in [0.25, 0.3) is 16.7 Å². The first-order valence-electron chi connectivity index (χ1n) is 5.42. The SMILES string of the molecule is Cc1nc2ccc(-n3ncc(C)c3N)cc2[nH]1. The third-order valence-electron chi connectivity index (χ3n) is 2.83. The molecule has 0 saturated heterocycles. The quantitative estimate of drug-likeness (QED) is 0.667. The highest BCUT2D eigenvalue weighted by atomic mass is 15.3. The van der Waals surface area contributed by atoms with E-state index >= 15 is 0 Å². The molecule has 3 rings (SSSR count). The van der Waals surface area contributed by atoms with Crippen molar-refractivity contribution < 1.29 is 0 Å². The summed E-state index contributed by atoms with van der Waals surface area (Å²) in [5.74, 6) is 1.57. The van der Waals surface area contributed by atoms with E-state index in [2.05, 4.69) is 15.1 Å². The predicted octanol–water partition coefficient (Wildman–Crippen LogP) is 1.95. The third kappa shape index (κ3) is 1.47. The molecule has 1 aromatic carbocycles. The number of hydrogen-bond acceptors (Lipinski definition) is 3. The van der Waals surface area contributed by atoms with Crippen LogP contribution in [0.5, 0.6) is 0 Å². The van der Waals surface area contributed by atoms with Gasteiger partial charge in [-0.15, -0.1) is 0 Å². The Morgan fingerprint density at radius 1 is 1.29 bits per heavy atom. The van der Waals surface area contributed by atoms with Gasteiger partial charge in [-0.2, -0.15) is 5.10 Å². The van der Waals surface area contributed by atoms with Crippen LogP contribution in [-0.2, 0) is 0 Å². The largest absolute Gasteiger partial charge is 0.383 e. The van der Waals surface area contributed by atoms with Crippen molar-refractivity contribution in [2.75, 3.05) is 5.73 Å². The summed E-state index contributed by atoms with van der Waals surface area (Å²) in [5, 5.41) is 4.26. The van der Waals surface area contributed by atoms with Crippen molar-refractivity contribution in [3.05, 3.63) is 35.8 Å². The lowest BCUT2D eigenvalue weighted by Gasteiger charge is -2.04. The maximum absolute atomic E-state index is 5.96. The minimum atomic E-state index is 0.667. The Balaban J connectivity index is 2.20. The maximum Gasteiger partial charge on any atom is 0.130 e. The van der Waals surface area contributed by atoms with Gasteiger partial charge in [-0.05, 0) is 32.0 Å². The minimum Gasteiger partial charge on any atom is -0.383 e. The van der Waals surface area contributed by atoms with Crippen LogP contribution in [0.2, 0.25) is 0 Å². The standard InChI is InChI=1S/C12H13N5/c1-7-6-14-17(12(7)13)9-3-4-10-11(5-9)16-8(2)15-10/h3-6H,13H2,1-2H3,(H,15,16). The van der Waals surface area contributed by atoms with Gasteiger partial charge < -0.3 is 10.7 Å². The van der Waals surface area contributed by atoms with Gasteiger partial charge in [0, 0.05) is 5.56 Å². The van der Waals surface area contributed by atoms with E-state index < -0.39 is 0 Å². The number of nitrogens with one attached hydrogen (secondary N) is 1. The summed E-state index contributed by atoms with van der Waals surface area (Å²) in [4.78, 5) is 7.56. The van der Waals surface area contributed by atoms with Gasteiger partial charge in [-0.25, -0.2) is 9.67 Å². The summed E-state index contributed by atoms with van der Waals surface area (Å²) in [5.41, 5.74) is 9.82. The summed E-state index contributed by atoms with van der Waals surface area (Å²) < 4.78 is 1.73. The molecule has 2 heterocycles. The first-order valence-corrected chi connectivity index (χ1v) is 5.42. The van der Waals surface area contributed by atoms with Gasteiger partial charge >= 0.3 is 0 Å². The molecule has 5 nitrogen and oxygen atoms in total. The van der Waals surface area contributed by atoms with E-state index in [0.29, 0.717) is 5.82 Å². The van der Waals surface area contributed by atoms with Gasteiger partial charge in [-0.3, -0.25) is 0 Å². The topological polar surface area (TPSA) is 72.5 Å². The lowest BCUT2D eigenvalue weighted by atomic mass is 10.3. The normalized spacial score (nSPS) is 11.2. The number of nitrogens with two attached hydrogens (primary N) is 1. The zero-order valence-electron chi connectivity index (χ0n) is 9.73. The number of nitrogen functional groups attached to an aromatic ring is 1. The monoisotopic (exact) mass is 227 g/mol. The molecular formula is C12H13N5. The summed E-state index contributed by atoms with van der Waals surface area (Å²) in [6.45, 7) is 3.88. The first-order chi connectivity index (χ1) is 8.15. The van der Waals surface area contributed by atoms with Gasteiger partial charge in [0.2, 0.25) is 0 Å². The number of imidazole rings is 1. The number of anilines is 1. The number of aryl methyl sites for hydroxylation is 2. The number of fused-ring (bicyclic) bond motifs is 1. The van der Waals surface area contributed by atoms with Crippen molar-refractivity contribution in [3.63, 3.8) is 0 Å². The van der Waals surface area contributed by atoms with Crippen molar-refractivity contribution >= 4 is 16.9 Å². The highest BCUT2D eigenvalue weighted by molar-refractivity contribution is 5.77. The van der Waals surface area contributed by atoms with E-state index in [1.807, 2.05) is 32.0 Å². The van der Waals surface area contributed by atoms with Crippen LogP contribution in [0.1, 0.15) is 11.4 Å². The Morgan fingerprint density at radius 2 is 2.12 bits per heavy atom. The molecule has 17 heavy (non-hydrogen) atoms. The van der Waals surface area contributed by atoms with E-state index in [1.165, 1.54) is 0 Å². The zero-order chi connectivity index (χ0) is 12.0. The molecule has 3 N–H and O–H groups in total. The number of aromatic nitrogens is 4. The average Bonchev–Trinajstić information content (AvgIpc) is 2.81. The minimum absolute atomic E-state index is 0.667. The third-order valence-corrected chi connectivity index (χ3v) is 2.83. The van der Waals surface area contributed by atoms with Crippen molar-refractivity contribution in [2.24, 2.45) is 0 Å². The molecule has 3 aromatic rings. The number of H-pyrrole nitrogens is 1. The second-order valence-electron chi connectivity index (χ2n) is 4.15. The lowest BCUT2D eigenvalue weighted by molar-refractivity contribution is 0.892. The Bertz CT molecular complexity index is 692. The number of hydrogen-bond donors (Lipinski definition) is 2. The van der Waals surface area contributed by atoms with Crippen LogP contribution in [-0.4, -0.2) is 19.7 Å². The fraction of sp³-hybridized carbons (Fsp3) is 0.167. The van der Waals surface area contributed by atoms with Gasteiger partial charge in [-0.1, -0.05) is 0 Å². The smallest absolute Gasteiger partial charge is 0.130 e. The number of rotatable bonds is 1. The van der Waals surface area contributed by atoms with E-state index in [9.17, 15) is 0 Å². The van der Waals surface area contributed by atoms with Crippen molar-refractivity contribution in [1.82, 2.24) is 19.7 Å². The van der Waals surface area contributed by atoms with Crippen LogP contribution in [0, 0.1) is 13.8 Å². The first kappa shape index (κ1) is 9.89. The molecule has 0 unspecified atom stereocenters. The summed E-state index contributed by atoms with van der Waals surface area (Å²) in [6, 6.07) is 5.92. The van der Waals surface area contributed by atoms with Gasteiger partial charge in [0.25, 0.3) is 0 Å². The van der Waals surface area contributed by atoms with Crippen LogP contribution in [0.3, 0.4) is 0 Å². The maximum atomic E-state index is 5.96. The van der Waals surface area contributed by atoms with E-state index in [4.69, 9.17) is 5.73 Å². The van der Waals surface area contributed by atoms with E-state index in [-0.39, 0.29) is 0 Å². The molecule has 5 heteroatoms. The Labute approximate surface area is 98.3 Å². The summed E-state index contributed by atoms with van der Waals surface area (Å²) in [7, 11) is 0. The summed E-state index contributed by atoms with van der Waals surface area (Å²) in [6.07, 6.45) is 1.76. The molecule has 0 aliphatic heterocycles. The Morgan fingerprint density at radius 3 is 2.82 bits per heavy atom. The highest BCUT2D eigenvalue weighted by Crippen LogP contribution is 2.20. The molecule has 0 fully saturated rings. The van der Waals surface area contributed by atoms with E-state index in [1.54, 1.807) is 10.9 Å². The van der Waals surface area contributed by atoms with Gasteiger partial charge in [0.15, 0.2) is 0 Å². The number of aromatic amines is 1. The number of nitrogens with zero attached hydrogens (tertiary/aromatic N) is 3. The molecule has 0 aliphatic rings. The van der Waals surface area contributed by atoms with Crippen LogP contribution in [0.15, 0.2) is 24.4 Å².